The van der Waals surface area contributed by atoms with Gasteiger partial charge in [0.25, 0.3) is 5.91 Å². The van der Waals surface area contributed by atoms with Gasteiger partial charge in [-0.2, -0.15) is 0 Å². The van der Waals surface area contributed by atoms with Crippen LogP contribution in [0.4, 0.5) is 11.5 Å². The number of piperidine rings is 1. The molecule has 9 nitrogen and oxygen atoms in total. The van der Waals surface area contributed by atoms with E-state index in [-0.39, 0.29) is 24.0 Å². The number of amides is 1. The molecule has 1 aliphatic heterocycles. The number of esters is 1. The number of carbonyl (C=O) groups is 2. The minimum Gasteiger partial charge on any atom is -0.490 e. The number of halogens is 1. The fraction of sp³-hybridized carbons (Fsp3) is 0.594. The minimum absolute atomic E-state index is 0.0475. The summed E-state index contributed by atoms with van der Waals surface area (Å²) >= 11 is 6.29. The van der Waals surface area contributed by atoms with Crippen LogP contribution in [0.2, 0.25) is 5.02 Å². The third-order valence-corrected chi connectivity index (χ3v) is 8.84. The smallest absolute Gasteiger partial charge is 0.305 e. The summed E-state index contributed by atoms with van der Waals surface area (Å²) < 4.78 is 11.2. The van der Waals surface area contributed by atoms with Crippen molar-refractivity contribution in [2.75, 3.05) is 24.6 Å². The maximum absolute atomic E-state index is 12.9. The van der Waals surface area contributed by atoms with E-state index in [0.29, 0.717) is 41.1 Å². The number of carbonyl (C=O) groups excluding carboxylic acids is 2. The molecular formula is C32H42ClN5O4. The summed E-state index contributed by atoms with van der Waals surface area (Å²) in [5, 5.41) is 12.2. The summed E-state index contributed by atoms with van der Waals surface area (Å²) in [6.07, 6.45) is 10.4. The van der Waals surface area contributed by atoms with Crippen LogP contribution in [-0.4, -0.2) is 53.9 Å². The van der Waals surface area contributed by atoms with E-state index in [1.54, 1.807) is 12.1 Å². The van der Waals surface area contributed by atoms with Crippen molar-refractivity contribution in [2.24, 2.45) is 5.92 Å². The van der Waals surface area contributed by atoms with E-state index in [4.69, 9.17) is 27.6 Å². The standard InChI is InChI=1S/C32H42ClN5O4/c1-4-41-30(39)9-7-5-6-8-23-18-20-38(21-19-23)29-17-15-27(36-37-29)32(40)35-24-10-12-25(13-11-24)42-28-16-14-26(34-3)31(33)22(28)2/h14-17,23-25H,4-13,18-21H2,1-2H3,(H,35,40). The second-order valence-corrected chi connectivity index (χ2v) is 11.7. The predicted molar refractivity (Wildman–Crippen MR) is 163 cm³/mol. The van der Waals surface area contributed by atoms with Crippen LogP contribution in [0.3, 0.4) is 0 Å². The summed E-state index contributed by atoms with van der Waals surface area (Å²) in [4.78, 5) is 30.0. The molecule has 0 atom stereocenters. The summed E-state index contributed by atoms with van der Waals surface area (Å²) in [5.74, 6) is 1.94. The number of nitrogens with zero attached hydrogens (tertiary/aromatic N) is 4. The SMILES string of the molecule is [C-]#[N+]c1ccc(OC2CCC(NC(=O)c3ccc(N4CCC(CCCCCC(=O)OCC)CC4)nn3)CC2)c(C)c1Cl. The van der Waals surface area contributed by atoms with E-state index in [9.17, 15) is 9.59 Å². The first-order valence-corrected chi connectivity index (χ1v) is 15.6. The van der Waals surface area contributed by atoms with Crippen LogP contribution in [0.1, 0.15) is 93.6 Å². The number of rotatable bonds is 12. The second kappa shape index (κ2) is 15.7. The van der Waals surface area contributed by atoms with Crippen molar-refractivity contribution in [2.45, 2.75) is 96.6 Å². The van der Waals surface area contributed by atoms with Gasteiger partial charge < -0.3 is 19.7 Å². The molecule has 4 rings (SSSR count). The molecule has 1 aliphatic carbocycles. The lowest BCUT2D eigenvalue weighted by atomic mass is 9.91. The summed E-state index contributed by atoms with van der Waals surface area (Å²) in [5.41, 5.74) is 1.55. The quantitative estimate of drug-likeness (QED) is 0.163. The lowest BCUT2D eigenvalue weighted by Crippen LogP contribution is -2.40. The lowest BCUT2D eigenvalue weighted by Gasteiger charge is -2.32. The Labute approximate surface area is 254 Å². The van der Waals surface area contributed by atoms with Gasteiger partial charge in [-0.15, -0.1) is 10.2 Å². The van der Waals surface area contributed by atoms with Crippen molar-refractivity contribution in [1.29, 1.82) is 0 Å². The Morgan fingerprint density at radius 3 is 2.48 bits per heavy atom. The molecule has 1 N–H and O–H groups in total. The molecule has 10 heteroatoms. The highest BCUT2D eigenvalue weighted by molar-refractivity contribution is 6.34. The van der Waals surface area contributed by atoms with Crippen LogP contribution in [0.25, 0.3) is 4.85 Å². The van der Waals surface area contributed by atoms with Gasteiger partial charge in [0.1, 0.15) is 5.75 Å². The number of hydrogen-bond acceptors (Lipinski definition) is 7. The zero-order valence-corrected chi connectivity index (χ0v) is 25.5. The summed E-state index contributed by atoms with van der Waals surface area (Å²) in [7, 11) is 0. The molecule has 2 aliphatic rings. The lowest BCUT2D eigenvalue weighted by molar-refractivity contribution is -0.143. The number of benzene rings is 1. The molecule has 1 saturated heterocycles. The average molecular weight is 596 g/mol. The number of aromatic nitrogens is 2. The molecule has 0 radical (unpaired) electrons. The van der Waals surface area contributed by atoms with Crippen LogP contribution in [-0.2, 0) is 9.53 Å². The van der Waals surface area contributed by atoms with Crippen molar-refractivity contribution < 1.29 is 19.1 Å². The highest BCUT2D eigenvalue weighted by Crippen LogP contribution is 2.36. The molecule has 1 saturated carbocycles. The molecule has 2 fully saturated rings. The van der Waals surface area contributed by atoms with Crippen molar-refractivity contribution in [1.82, 2.24) is 15.5 Å². The Kier molecular flexibility index (Phi) is 11.8. The van der Waals surface area contributed by atoms with Crippen molar-refractivity contribution in [3.8, 4) is 5.75 Å². The Bertz CT molecular complexity index is 1230. The molecule has 2 aromatic rings. The van der Waals surface area contributed by atoms with Crippen LogP contribution >= 0.6 is 11.6 Å². The summed E-state index contributed by atoms with van der Waals surface area (Å²) in [6, 6.07) is 7.23. The predicted octanol–water partition coefficient (Wildman–Crippen LogP) is 6.84. The molecule has 0 unspecified atom stereocenters. The molecule has 226 valence electrons. The van der Waals surface area contributed by atoms with Gasteiger partial charge in [-0.25, -0.2) is 4.85 Å². The first kappa shape index (κ1) is 31.6. The largest absolute Gasteiger partial charge is 0.490 e. The van der Waals surface area contributed by atoms with Gasteiger partial charge >= 0.3 is 5.97 Å². The molecule has 2 heterocycles. The monoisotopic (exact) mass is 595 g/mol. The first-order chi connectivity index (χ1) is 20.4. The minimum atomic E-state index is -0.197. The van der Waals surface area contributed by atoms with Gasteiger partial charge in [0.15, 0.2) is 11.5 Å². The Morgan fingerprint density at radius 2 is 1.81 bits per heavy atom. The van der Waals surface area contributed by atoms with Gasteiger partial charge in [-0.3, -0.25) is 9.59 Å². The zero-order chi connectivity index (χ0) is 29.9. The van der Waals surface area contributed by atoms with Crippen LogP contribution in [0.15, 0.2) is 24.3 Å². The topological polar surface area (TPSA) is 98.0 Å². The number of unbranched alkanes of at least 4 members (excludes halogenated alkanes) is 2. The van der Waals surface area contributed by atoms with Crippen molar-refractivity contribution in [3.63, 3.8) is 0 Å². The van der Waals surface area contributed by atoms with Gasteiger partial charge in [0, 0.05) is 25.6 Å². The van der Waals surface area contributed by atoms with E-state index < -0.39 is 0 Å². The van der Waals surface area contributed by atoms with E-state index in [0.717, 1.165) is 82.3 Å². The molecule has 1 amide bonds. The first-order valence-electron chi connectivity index (χ1n) is 15.3. The number of anilines is 1. The molecule has 42 heavy (non-hydrogen) atoms. The van der Waals surface area contributed by atoms with E-state index in [1.165, 1.54) is 6.42 Å². The van der Waals surface area contributed by atoms with Crippen LogP contribution in [0, 0.1) is 19.4 Å². The molecule has 0 spiro atoms. The molecule has 1 aromatic carbocycles. The highest BCUT2D eigenvalue weighted by atomic mass is 35.5. The zero-order valence-electron chi connectivity index (χ0n) is 24.7. The molecule has 0 bridgehead atoms. The molecule has 1 aromatic heterocycles. The Morgan fingerprint density at radius 1 is 1.05 bits per heavy atom. The van der Waals surface area contributed by atoms with Crippen molar-refractivity contribution in [3.05, 3.63) is 52.0 Å². The van der Waals surface area contributed by atoms with Crippen LogP contribution in [0.5, 0.6) is 5.75 Å². The van der Waals surface area contributed by atoms with Crippen LogP contribution < -0.4 is 15.0 Å². The third kappa shape index (κ3) is 8.81. The average Bonchev–Trinajstić information content (AvgIpc) is 3.01. The maximum Gasteiger partial charge on any atom is 0.305 e. The van der Waals surface area contributed by atoms with Gasteiger partial charge in [0.2, 0.25) is 5.69 Å². The van der Waals surface area contributed by atoms with E-state index in [2.05, 4.69) is 25.3 Å². The Balaban J connectivity index is 1.14. The normalized spacial score (nSPS) is 19.1. The summed E-state index contributed by atoms with van der Waals surface area (Å²) in [6.45, 7) is 13.2. The third-order valence-electron chi connectivity index (χ3n) is 8.36. The van der Waals surface area contributed by atoms with Gasteiger partial charge in [-0.05, 0) is 88.5 Å². The van der Waals surface area contributed by atoms with E-state index >= 15 is 0 Å². The fourth-order valence-corrected chi connectivity index (χ4v) is 6.01. The Hall–Kier alpha value is -3.38. The number of hydrogen-bond donors (Lipinski definition) is 1. The van der Waals surface area contributed by atoms with Crippen molar-refractivity contribution >= 4 is 35.0 Å². The second-order valence-electron chi connectivity index (χ2n) is 11.3. The van der Waals surface area contributed by atoms with Gasteiger partial charge in [0.05, 0.1) is 24.3 Å². The molecular weight excluding hydrogens is 554 g/mol. The fourth-order valence-electron chi connectivity index (χ4n) is 5.81. The van der Waals surface area contributed by atoms with Gasteiger partial charge in [-0.1, -0.05) is 36.9 Å². The number of ether oxygens (including phenoxy) is 2. The maximum atomic E-state index is 12.9. The van der Waals surface area contributed by atoms with E-state index in [1.807, 2.05) is 26.0 Å². The number of nitrogens with one attached hydrogen (secondary N) is 1. The highest BCUT2D eigenvalue weighted by Gasteiger charge is 2.26.